The van der Waals surface area contributed by atoms with Gasteiger partial charge in [0.05, 0.1) is 6.10 Å². The molecule has 0 aromatic rings. The van der Waals surface area contributed by atoms with Gasteiger partial charge in [0.25, 0.3) is 0 Å². The average molecular weight is 175 g/mol. The molecule has 0 fully saturated rings. The van der Waals surface area contributed by atoms with Gasteiger partial charge >= 0.3 is 5.97 Å². The first kappa shape index (κ1) is 11.4. The van der Waals surface area contributed by atoms with Crippen molar-refractivity contribution < 1.29 is 14.7 Å². The molecule has 4 heteroatoms. The zero-order valence-corrected chi connectivity index (χ0v) is 8.00. The van der Waals surface area contributed by atoms with Gasteiger partial charge in [-0.25, -0.2) is 0 Å². The van der Waals surface area contributed by atoms with Gasteiger partial charge in [-0.05, 0) is 19.8 Å². The van der Waals surface area contributed by atoms with Crippen molar-refractivity contribution in [3.63, 3.8) is 0 Å². The summed E-state index contributed by atoms with van der Waals surface area (Å²) in [6.07, 6.45) is -0.00870. The Morgan fingerprint density at radius 3 is 2.08 bits per heavy atom. The highest BCUT2D eigenvalue weighted by Gasteiger charge is 2.21. The Bertz CT molecular complexity index is 145. The zero-order valence-electron chi connectivity index (χ0n) is 8.00. The monoisotopic (exact) mass is 175 g/mol. The Morgan fingerprint density at radius 2 is 1.83 bits per heavy atom. The van der Waals surface area contributed by atoms with Crippen LogP contribution in [0.2, 0.25) is 0 Å². The quantitative estimate of drug-likeness (QED) is 0.612. The second-order valence-corrected chi connectivity index (χ2v) is 3.34. The van der Waals surface area contributed by atoms with Gasteiger partial charge in [-0.2, -0.15) is 5.48 Å². The van der Waals surface area contributed by atoms with E-state index in [2.05, 4.69) is 5.48 Å². The smallest absolute Gasteiger partial charge is 0.323 e. The first-order valence-corrected chi connectivity index (χ1v) is 4.09. The van der Waals surface area contributed by atoms with E-state index in [0.29, 0.717) is 0 Å². The maximum atomic E-state index is 10.6. The molecule has 1 atom stereocenters. The molecule has 4 nitrogen and oxygen atoms in total. The molecule has 1 unspecified atom stereocenters. The molecule has 72 valence electrons. The van der Waals surface area contributed by atoms with Crippen molar-refractivity contribution in [2.45, 2.75) is 39.8 Å². The number of aliphatic carboxylic acids is 1. The van der Waals surface area contributed by atoms with Gasteiger partial charge in [0, 0.05) is 0 Å². The van der Waals surface area contributed by atoms with Gasteiger partial charge in [0.2, 0.25) is 0 Å². The minimum Gasteiger partial charge on any atom is -0.480 e. The van der Waals surface area contributed by atoms with Crippen LogP contribution in [0.15, 0.2) is 0 Å². The van der Waals surface area contributed by atoms with Gasteiger partial charge in [-0.3, -0.25) is 9.63 Å². The van der Waals surface area contributed by atoms with E-state index >= 15 is 0 Å². The third-order valence-corrected chi connectivity index (χ3v) is 1.36. The summed E-state index contributed by atoms with van der Waals surface area (Å²) in [4.78, 5) is 15.6. The van der Waals surface area contributed by atoms with Gasteiger partial charge in [-0.1, -0.05) is 13.8 Å². The fourth-order valence-electron chi connectivity index (χ4n) is 0.681. The number of carbonyl (C=O) groups is 1. The number of rotatable bonds is 5. The molecule has 0 aromatic carbocycles. The Kier molecular flexibility index (Phi) is 4.85. The van der Waals surface area contributed by atoms with Gasteiger partial charge in [0.1, 0.15) is 6.04 Å². The van der Waals surface area contributed by atoms with Gasteiger partial charge in [-0.15, -0.1) is 0 Å². The summed E-state index contributed by atoms with van der Waals surface area (Å²) in [5, 5.41) is 8.71. The molecule has 0 aliphatic rings. The molecule has 0 saturated heterocycles. The molecule has 0 bridgehead atoms. The molecule has 0 rings (SSSR count). The maximum Gasteiger partial charge on any atom is 0.323 e. The Hall–Kier alpha value is -0.610. The molecule has 0 amide bonds. The van der Waals surface area contributed by atoms with Crippen LogP contribution >= 0.6 is 0 Å². The highest BCUT2D eigenvalue weighted by molar-refractivity contribution is 5.73. The first-order chi connectivity index (χ1) is 5.45. The van der Waals surface area contributed by atoms with Crippen LogP contribution in [-0.2, 0) is 9.63 Å². The highest BCUT2D eigenvalue weighted by Crippen LogP contribution is 2.02. The normalized spacial score (nSPS) is 13.8. The summed E-state index contributed by atoms with van der Waals surface area (Å²) in [7, 11) is 0. The lowest BCUT2D eigenvalue weighted by atomic mass is 10.1. The minimum atomic E-state index is -0.884. The molecule has 0 aliphatic carbocycles. The standard InChI is InChI=1S/C8H17NO3/c1-5(2)7(8(10)11)9-12-6(3)4/h5-7,9H,1-4H3,(H,10,11). The fourth-order valence-corrected chi connectivity index (χ4v) is 0.681. The lowest BCUT2D eigenvalue weighted by molar-refractivity contribution is -0.147. The molecular weight excluding hydrogens is 158 g/mol. The third kappa shape index (κ3) is 4.31. The summed E-state index contributed by atoms with van der Waals surface area (Å²) in [6.45, 7) is 7.34. The van der Waals surface area contributed by atoms with E-state index in [0.717, 1.165) is 0 Å². The van der Waals surface area contributed by atoms with Crippen LogP contribution in [0.25, 0.3) is 0 Å². The minimum absolute atomic E-state index is 0.00870. The molecule has 0 saturated carbocycles. The van der Waals surface area contributed by atoms with Crippen LogP contribution in [0.1, 0.15) is 27.7 Å². The van der Waals surface area contributed by atoms with E-state index in [1.807, 2.05) is 27.7 Å². The summed E-state index contributed by atoms with van der Waals surface area (Å²) in [5.74, 6) is -0.869. The molecule has 0 spiro atoms. The second-order valence-electron chi connectivity index (χ2n) is 3.34. The molecule has 0 heterocycles. The molecule has 0 aliphatic heterocycles. The van der Waals surface area contributed by atoms with Crippen molar-refractivity contribution in [1.29, 1.82) is 0 Å². The maximum absolute atomic E-state index is 10.6. The fraction of sp³-hybridized carbons (Fsp3) is 0.875. The molecular formula is C8H17NO3. The Balaban J connectivity index is 3.88. The number of hydroxylamine groups is 1. The zero-order chi connectivity index (χ0) is 9.72. The number of carboxylic acids is 1. The van der Waals surface area contributed by atoms with Crippen molar-refractivity contribution in [1.82, 2.24) is 5.48 Å². The van der Waals surface area contributed by atoms with E-state index in [4.69, 9.17) is 9.94 Å². The average Bonchev–Trinajstić information content (AvgIpc) is 1.84. The summed E-state index contributed by atoms with van der Waals surface area (Å²) < 4.78 is 0. The van der Waals surface area contributed by atoms with E-state index in [1.54, 1.807) is 0 Å². The largest absolute Gasteiger partial charge is 0.480 e. The van der Waals surface area contributed by atoms with Crippen molar-refractivity contribution in [3.05, 3.63) is 0 Å². The van der Waals surface area contributed by atoms with E-state index in [9.17, 15) is 4.79 Å². The van der Waals surface area contributed by atoms with Gasteiger partial charge < -0.3 is 5.11 Å². The number of hydrogen-bond donors (Lipinski definition) is 2. The molecule has 2 N–H and O–H groups in total. The highest BCUT2D eigenvalue weighted by atomic mass is 16.7. The van der Waals surface area contributed by atoms with Crippen molar-refractivity contribution in [3.8, 4) is 0 Å². The molecule has 0 radical (unpaired) electrons. The van der Waals surface area contributed by atoms with Crippen molar-refractivity contribution in [2.24, 2.45) is 5.92 Å². The van der Waals surface area contributed by atoms with Crippen LogP contribution in [0.4, 0.5) is 0 Å². The summed E-state index contributed by atoms with van der Waals surface area (Å²) in [6, 6.07) is -0.632. The SMILES string of the molecule is CC(C)ONC(C(=O)O)C(C)C. The number of carboxylic acid groups (broad SMARTS) is 1. The van der Waals surface area contributed by atoms with Crippen LogP contribution in [-0.4, -0.2) is 23.2 Å². The third-order valence-electron chi connectivity index (χ3n) is 1.36. The first-order valence-electron chi connectivity index (χ1n) is 4.09. The van der Waals surface area contributed by atoms with Crippen LogP contribution < -0.4 is 5.48 Å². The lowest BCUT2D eigenvalue weighted by Gasteiger charge is -2.18. The summed E-state index contributed by atoms with van der Waals surface area (Å²) >= 11 is 0. The topological polar surface area (TPSA) is 58.6 Å². The Morgan fingerprint density at radius 1 is 1.33 bits per heavy atom. The number of nitrogens with one attached hydrogen (secondary N) is 1. The molecule has 0 aromatic heterocycles. The van der Waals surface area contributed by atoms with Gasteiger partial charge in [0.15, 0.2) is 0 Å². The molecule has 12 heavy (non-hydrogen) atoms. The van der Waals surface area contributed by atoms with Crippen LogP contribution in [0, 0.1) is 5.92 Å². The van der Waals surface area contributed by atoms with E-state index < -0.39 is 12.0 Å². The van der Waals surface area contributed by atoms with Crippen LogP contribution in [0.3, 0.4) is 0 Å². The van der Waals surface area contributed by atoms with E-state index in [1.165, 1.54) is 0 Å². The summed E-state index contributed by atoms with van der Waals surface area (Å²) in [5.41, 5.74) is 2.52. The Labute approximate surface area is 72.9 Å². The van der Waals surface area contributed by atoms with E-state index in [-0.39, 0.29) is 12.0 Å². The second kappa shape index (κ2) is 5.11. The van der Waals surface area contributed by atoms with Crippen molar-refractivity contribution in [2.75, 3.05) is 0 Å². The predicted molar refractivity (Wildman–Crippen MR) is 45.6 cm³/mol. The predicted octanol–water partition coefficient (Wildman–Crippen LogP) is 1.03. The van der Waals surface area contributed by atoms with Crippen LogP contribution in [0.5, 0.6) is 0 Å². The lowest BCUT2D eigenvalue weighted by Crippen LogP contribution is -2.42. The van der Waals surface area contributed by atoms with Crippen molar-refractivity contribution >= 4 is 5.97 Å². The number of hydrogen-bond acceptors (Lipinski definition) is 3.